The summed E-state index contributed by atoms with van der Waals surface area (Å²) in [5.74, 6) is -4.62. The van der Waals surface area contributed by atoms with Crippen LogP contribution in [0.5, 0.6) is 0 Å². The normalized spacial score (nSPS) is 21.7. The largest absolute Gasteiger partial charge is 1.00 e. The summed E-state index contributed by atoms with van der Waals surface area (Å²) in [6.07, 6.45) is 2.91. The summed E-state index contributed by atoms with van der Waals surface area (Å²) in [5, 5.41) is 0. The molecule has 0 radical (unpaired) electrons. The highest BCUT2D eigenvalue weighted by Gasteiger charge is 2.47. The van der Waals surface area contributed by atoms with Gasteiger partial charge in [-0.15, -0.1) is 0 Å². The van der Waals surface area contributed by atoms with Crippen molar-refractivity contribution in [1.29, 1.82) is 0 Å². The van der Waals surface area contributed by atoms with Crippen molar-refractivity contribution in [3.05, 3.63) is 101 Å². The molecule has 39 heavy (non-hydrogen) atoms. The van der Waals surface area contributed by atoms with Crippen molar-refractivity contribution in [2.45, 2.75) is 38.3 Å². The molecular weight excluding hydrogens is 576 g/mol. The van der Waals surface area contributed by atoms with Crippen molar-refractivity contribution in [2.24, 2.45) is 5.92 Å². The molecule has 3 aliphatic rings. The third kappa shape index (κ3) is 6.81. The van der Waals surface area contributed by atoms with Gasteiger partial charge in [-0.25, -0.2) is 22.4 Å². The molecule has 0 saturated carbocycles. The van der Waals surface area contributed by atoms with Crippen LogP contribution in [-0.4, -0.2) is 42.9 Å². The number of amides is 1. The van der Waals surface area contributed by atoms with E-state index in [0.717, 1.165) is 72.9 Å². The Hall–Kier alpha value is -2.91. The van der Waals surface area contributed by atoms with Gasteiger partial charge in [0.25, 0.3) is 0 Å². The first-order valence-corrected chi connectivity index (χ1v) is 13.1. The lowest BCUT2D eigenvalue weighted by Crippen LogP contribution is -3.00. The number of carbonyl (C=O) groups is 1. The zero-order chi connectivity index (χ0) is 26.7. The van der Waals surface area contributed by atoms with Crippen molar-refractivity contribution < 1.29 is 48.6 Å². The fourth-order valence-electron chi connectivity index (χ4n) is 5.91. The quantitative estimate of drug-likeness (QED) is 0.223. The number of hydrogen-bond acceptors (Lipinski definition) is 2. The zero-order valence-electron chi connectivity index (χ0n) is 21.5. The van der Waals surface area contributed by atoms with Crippen LogP contribution < -0.4 is 21.9 Å². The van der Waals surface area contributed by atoms with Crippen molar-refractivity contribution in [3.63, 3.8) is 0 Å². The highest BCUT2D eigenvalue weighted by Crippen LogP contribution is 2.36. The minimum absolute atomic E-state index is 0. The number of aryl methyl sites for hydroxylation is 1. The molecule has 4 nitrogen and oxygen atoms in total. The predicted octanol–water partition coefficient (Wildman–Crippen LogP) is 3.63. The molecule has 1 amide bonds. The number of fused-ring (bicyclic) bond motifs is 3. The van der Waals surface area contributed by atoms with Gasteiger partial charge in [-0.3, -0.25) is 4.90 Å². The Morgan fingerprint density at radius 2 is 1.59 bits per heavy atom. The van der Waals surface area contributed by atoms with E-state index in [2.05, 4.69) is 12.1 Å². The first-order chi connectivity index (χ1) is 18.3. The van der Waals surface area contributed by atoms with Crippen LogP contribution in [0, 0.1) is 29.2 Å². The Labute approximate surface area is 236 Å². The lowest BCUT2D eigenvalue weighted by Gasteiger charge is -2.52. The standard InChI is InChI=1S/C30H31F4N2O2.BrH/c31-24-9-4-10-25(18-24)35(19-22-16-26(32)29(34)27(33)17-22)30(37)38-28-20-36(14-11-23(28)12-15-36)13-5-8-21-6-2-1-3-7-21;/h1-4,6-7,9-10,16-18,23,28H,5,8,11-15,19-20H2;1H/q+1;/p-1/t23?,28-,36?;/m0./s1. The molecular formula is C30H31BrF4N2O2. The first-order valence-electron chi connectivity index (χ1n) is 13.1. The van der Waals surface area contributed by atoms with Crippen LogP contribution in [0.3, 0.4) is 0 Å². The van der Waals surface area contributed by atoms with Crippen LogP contribution >= 0.6 is 0 Å². The second-order valence-electron chi connectivity index (χ2n) is 10.5. The SMILES string of the molecule is O=C(O[C@H]1C[N+]2(CCCc3ccccc3)CCC1CC2)N(Cc1cc(F)c(F)c(F)c1)c1cccc(F)c1.[Br-]. The van der Waals surface area contributed by atoms with Gasteiger partial charge in [-0.05, 0) is 47.9 Å². The Kier molecular flexibility index (Phi) is 9.33. The minimum atomic E-state index is -1.58. The third-order valence-electron chi connectivity index (χ3n) is 7.96. The van der Waals surface area contributed by atoms with Crippen LogP contribution in [0.25, 0.3) is 0 Å². The molecule has 3 aromatic rings. The van der Waals surface area contributed by atoms with E-state index in [1.807, 2.05) is 18.2 Å². The van der Waals surface area contributed by atoms with E-state index in [1.165, 1.54) is 23.8 Å². The number of carbonyl (C=O) groups excluding carboxylic acids is 1. The molecule has 0 aliphatic carbocycles. The number of anilines is 1. The zero-order valence-corrected chi connectivity index (χ0v) is 23.1. The average Bonchev–Trinajstić information content (AvgIpc) is 2.91. The lowest BCUT2D eigenvalue weighted by atomic mass is 9.83. The summed E-state index contributed by atoms with van der Waals surface area (Å²) in [5.41, 5.74) is 1.52. The lowest BCUT2D eigenvalue weighted by molar-refractivity contribution is -0.946. The summed E-state index contributed by atoms with van der Waals surface area (Å²) in [4.78, 5) is 14.6. The summed E-state index contributed by atoms with van der Waals surface area (Å²) >= 11 is 0. The van der Waals surface area contributed by atoms with E-state index >= 15 is 0 Å². The number of ether oxygens (including phenoxy) is 1. The molecule has 3 saturated heterocycles. The smallest absolute Gasteiger partial charge is 0.415 e. The Morgan fingerprint density at radius 1 is 0.897 bits per heavy atom. The number of rotatable bonds is 8. The van der Waals surface area contributed by atoms with E-state index in [1.54, 1.807) is 0 Å². The number of benzene rings is 3. The Morgan fingerprint density at radius 3 is 2.26 bits per heavy atom. The molecule has 0 aromatic heterocycles. The summed E-state index contributed by atoms with van der Waals surface area (Å²) < 4.78 is 62.2. The number of piperidine rings is 3. The van der Waals surface area contributed by atoms with E-state index in [9.17, 15) is 22.4 Å². The van der Waals surface area contributed by atoms with Crippen LogP contribution in [0.15, 0.2) is 66.7 Å². The molecule has 3 aromatic carbocycles. The minimum Gasteiger partial charge on any atom is -1.00 e. The number of hydrogen-bond donors (Lipinski definition) is 0. The van der Waals surface area contributed by atoms with Crippen molar-refractivity contribution in [3.8, 4) is 0 Å². The molecule has 6 rings (SSSR count). The molecule has 208 valence electrons. The maximum Gasteiger partial charge on any atom is 0.415 e. The fourth-order valence-corrected chi connectivity index (χ4v) is 5.91. The first kappa shape index (κ1) is 29.1. The van der Waals surface area contributed by atoms with Gasteiger partial charge in [-0.2, -0.15) is 0 Å². The van der Waals surface area contributed by atoms with E-state index in [4.69, 9.17) is 4.74 Å². The van der Waals surface area contributed by atoms with E-state index < -0.39 is 29.4 Å². The molecule has 3 heterocycles. The molecule has 0 spiro atoms. The average molecular weight is 607 g/mol. The summed E-state index contributed by atoms with van der Waals surface area (Å²) in [6, 6.07) is 17.4. The van der Waals surface area contributed by atoms with Gasteiger partial charge in [-0.1, -0.05) is 36.4 Å². The molecule has 1 atom stereocenters. The van der Waals surface area contributed by atoms with Gasteiger partial charge in [0, 0.05) is 25.2 Å². The number of nitrogens with zero attached hydrogens (tertiary/aromatic N) is 2. The Balaban J connectivity index is 0.00000353. The fraction of sp³-hybridized carbons (Fsp3) is 0.367. The Bertz CT molecular complexity index is 1260. The van der Waals surface area contributed by atoms with Gasteiger partial charge in [0.15, 0.2) is 23.6 Å². The van der Waals surface area contributed by atoms with Crippen molar-refractivity contribution in [2.75, 3.05) is 31.1 Å². The van der Waals surface area contributed by atoms with Crippen LogP contribution in [-0.2, 0) is 17.7 Å². The second-order valence-corrected chi connectivity index (χ2v) is 10.5. The molecule has 3 fully saturated rings. The molecule has 0 unspecified atom stereocenters. The molecule has 3 aliphatic heterocycles. The van der Waals surface area contributed by atoms with Gasteiger partial charge >= 0.3 is 6.09 Å². The van der Waals surface area contributed by atoms with Gasteiger partial charge in [0.05, 0.1) is 31.9 Å². The second kappa shape index (κ2) is 12.5. The maximum atomic E-state index is 14.0. The molecule has 0 N–H and O–H groups in total. The molecule has 9 heteroatoms. The van der Waals surface area contributed by atoms with Gasteiger partial charge in [0.2, 0.25) is 0 Å². The molecule has 2 bridgehead atoms. The summed E-state index contributed by atoms with van der Waals surface area (Å²) in [6.45, 7) is 3.51. The van der Waals surface area contributed by atoms with Crippen LogP contribution in [0.4, 0.5) is 28.0 Å². The van der Waals surface area contributed by atoms with Gasteiger partial charge < -0.3 is 26.2 Å². The van der Waals surface area contributed by atoms with Crippen molar-refractivity contribution >= 4 is 11.8 Å². The predicted molar refractivity (Wildman–Crippen MR) is 136 cm³/mol. The van der Waals surface area contributed by atoms with E-state index in [-0.39, 0.29) is 46.8 Å². The number of halogens is 5. The van der Waals surface area contributed by atoms with Crippen LogP contribution in [0.1, 0.15) is 30.4 Å². The number of quaternary nitrogens is 1. The maximum absolute atomic E-state index is 14.0. The van der Waals surface area contributed by atoms with Crippen LogP contribution in [0.2, 0.25) is 0 Å². The topological polar surface area (TPSA) is 29.5 Å². The van der Waals surface area contributed by atoms with E-state index in [0.29, 0.717) is 6.54 Å². The monoisotopic (exact) mass is 606 g/mol. The highest BCUT2D eigenvalue weighted by atomic mass is 79.9. The van der Waals surface area contributed by atoms with Gasteiger partial charge in [0.1, 0.15) is 12.4 Å². The van der Waals surface area contributed by atoms with Crippen molar-refractivity contribution in [1.82, 2.24) is 0 Å². The summed E-state index contributed by atoms with van der Waals surface area (Å²) in [7, 11) is 0. The third-order valence-corrected chi connectivity index (χ3v) is 7.96. The highest BCUT2D eigenvalue weighted by molar-refractivity contribution is 5.87.